The Labute approximate surface area is 110 Å². The molecular weight excluding hydrogens is 246 g/mol. The van der Waals surface area contributed by atoms with Crippen molar-refractivity contribution >= 4 is 23.5 Å². The first-order valence-corrected chi connectivity index (χ1v) is 7.89. The van der Waals surface area contributed by atoms with Crippen molar-refractivity contribution in [2.24, 2.45) is 0 Å². The van der Waals surface area contributed by atoms with Gasteiger partial charge in [-0.1, -0.05) is 53.9 Å². The third-order valence-electron chi connectivity index (χ3n) is 2.97. The smallest absolute Gasteiger partial charge is 0.180 e. The Bertz CT molecular complexity index is 537. The van der Waals surface area contributed by atoms with E-state index in [-0.39, 0.29) is 0 Å². The van der Waals surface area contributed by atoms with Crippen molar-refractivity contribution in [1.82, 2.24) is 0 Å². The van der Waals surface area contributed by atoms with Crippen LogP contribution in [0, 0.1) is 0 Å². The number of rotatable bonds is 2. The molecule has 86 valence electrons. The average Bonchev–Trinajstić information content (AvgIpc) is 2.86. The molecule has 17 heavy (non-hydrogen) atoms. The van der Waals surface area contributed by atoms with E-state index in [0.29, 0.717) is 0 Å². The molecule has 0 saturated carbocycles. The van der Waals surface area contributed by atoms with Crippen LogP contribution in [0.1, 0.15) is 0 Å². The minimum absolute atomic E-state index is 1.14. The summed E-state index contributed by atoms with van der Waals surface area (Å²) < 4.78 is 2.42. The molecule has 3 heteroatoms. The first kappa shape index (κ1) is 11.2. The summed E-state index contributed by atoms with van der Waals surface area (Å²) in [4.78, 5) is 0. The molecule has 2 heterocycles. The molecule has 2 aromatic rings. The number of fused-ring (bicyclic) bond motifs is 1. The highest BCUT2D eigenvalue weighted by atomic mass is 32.2. The summed E-state index contributed by atoms with van der Waals surface area (Å²) in [6, 6.07) is 15.2. The standard InChI is InChI=1S/C14H14NS2/c1-16-13-9-12(11-5-3-2-4-6-11)10-14-15(13)7-8-17-14/h2-6,9-10H,7-8H2,1H3/q+1. The van der Waals surface area contributed by atoms with Gasteiger partial charge in [-0.05, 0) is 17.4 Å². The molecule has 0 fully saturated rings. The second kappa shape index (κ2) is 4.75. The van der Waals surface area contributed by atoms with E-state index in [1.165, 1.54) is 26.9 Å². The van der Waals surface area contributed by atoms with Gasteiger partial charge in [-0.3, -0.25) is 0 Å². The number of hydrogen-bond donors (Lipinski definition) is 0. The predicted octanol–water partition coefficient (Wildman–Crippen LogP) is 3.47. The van der Waals surface area contributed by atoms with Crippen LogP contribution in [0.5, 0.6) is 0 Å². The van der Waals surface area contributed by atoms with Crippen molar-refractivity contribution in [3.63, 3.8) is 0 Å². The largest absolute Gasteiger partial charge is 0.241 e. The molecule has 0 atom stereocenters. The van der Waals surface area contributed by atoms with Gasteiger partial charge in [0, 0.05) is 12.1 Å². The zero-order valence-electron chi connectivity index (χ0n) is 9.72. The number of benzene rings is 1. The van der Waals surface area contributed by atoms with E-state index in [9.17, 15) is 0 Å². The van der Waals surface area contributed by atoms with Gasteiger partial charge in [0.15, 0.2) is 6.54 Å². The van der Waals surface area contributed by atoms with Gasteiger partial charge in [0.2, 0.25) is 10.1 Å². The molecule has 0 spiro atoms. The lowest BCUT2D eigenvalue weighted by Gasteiger charge is -2.04. The fourth-order valence-electron chi connectivity index (χ4n) is 2.12. The van der Waals surface area contributed by atoms with E-state index in [1.807, 2.05) is 23.5 Å². The van der Waals surface area contributed by atoms with Crippen molar-refractivity contribution in [3.05, 3.63) is 42.5 Å². The van der Waals surface area contributed by atoms with Gasteiger partial charge >= 0.3 is 0 Å². The molecule has 0 N–H and O–H groups in total. The summed E-state index contributed by atoms with van der Waals surface area (Å²) in [5.74, 6) is 1.20. The van der Waals surface area contributed by atoms with Crippen LogP contribution in [0.3, 0.4) is 0 Å². The van der Waals surface area contributed by atoms with Crippen LogP contribution >= 0.6 is 23.5 Å². The van der Waals surface area contributed by atoms with Crippen LogP contribution in [-0.4, -0.2) is 12.0 Å². The highest BCUT2D eigenvalue weighted by Crippen LogP contribution is 2.29. The number of hydrogen-bond acceptors (Lipinski definition) is 2. The molecule has 1 aromatic heterocycles. The third-order valence-corrected chi connectivity index (χ3v) is 4.75. The second-order valence-corrected chi connectivity index (χ2v) is 5.93. The van der Waals surface area contributed by atoms with Gasteiger partial charge in [-0.25, -0.2) is 0 Å². The zero-order valence-corrected chi connectivity index (χ0v) is 11.4. The van der Waals surface area contributed by atoms with Crippen molar-refractivity contribution in [3.8, 4) is 11.1 Å². The first-order valence-electron chi connectivity index (χ1n) is 5.68. The Morgan fingerprint density at radius 2 is 1.94 bits per heavy atom. The summed E-state index contributed by atoms with van der Waals surface area (Å²) in [6.45, 7) is 1.14. The van der Waals surface area contributed by atoms with E-state index >= 15 is 0 Å². The molecule has 0 aliphatic carbocycles. The molecule has 3 rings (SSSR count). The lowest BCUT2D eigenvalue weighted by atomic mass is 10.1. The molecule has 0 unspecified atom stereocenters. The highest BCUT2D eigenvalue weighted by Gasteiger charge is 2.24. The van der Waals surface area contributed by atoms with E-state index in [2.05, 4.69) is 53.3 Å². The Balaban J connectivity index is 2.13. The van der Waals surface area contributed by atoms with Crippen molar-refractivity contribution in [1.29, 1.82) is 0 Å². The van der Waals surface area contributed by atoms with Gasteiger partial charge in [-0.2, -0.15) is 4.57 Å². The summed E-state index contributed by atoms with van der Waals surface area (Å²) >= 11 is 3.79. The Morgan fingerprint density at radius 3 is 2.71 bits per heavy atom. The molecule has 0 amide bonds. The molecule has 0 bridgehead atoms. The minimum Gasteiger partial charge on any atom is -0.180 e. The number of pyridine rings is 1. The molecule has 1 nitrogen and oxygen atoms in total. The fourth-order valence-corrected chi connectivity index (χ4v) is 3.87. The maximum atomic E-state index is 2.42. The lowest BCUT2D eigenvalue weighted by molar-refractivity contribution is -0.758. The van der Waals surface area contributed by atoms with E-state index in [1.54, 1.807) is 0 Å². The minimum atomic E-state index is 1.14. The summed E-state index contributed by atoms with van der Waals surface area (Å²) in [5.41, 5.74) is 2.63. The van der Waals surface area contributed by atoms with Crippen LogP contribution in [0.15, 0.2) is 52.5 Å². The van der Waals surface area contributed by atoms with E-state index in [4.69, 9.17) is 0 Å². The molecule has 1 aliphatic heterocycles. The average molecular weight is 260 g/mol. The first-order chi connectivity index (χ1) is 8.38. The van der Waals surface area contributed by atoms with Gasteiger partial charge in [0.25, 0.3) is 0 Å². The SMILES string of the molecule is CSc1cc(-c2ccccc2)cc2[n+]1CCS2. The third kappa shape index (κ3) is 2.09. The predicted molar refractivity (Wildman–Crippen MR) is 74.6 cm³/mol. The molecule has 0 radical (unpaired) electrons. The maximum absolute atomic E-state index is 2.42. The summed E-state index contributed by atoms with van der Waals surface area (Å²) in [6.07, 6.45) is 2.15. The quantitative estimate of drug-likeness (QED) is 0.601. The van der Waals surface area contributed by atoms with Crippen LogP contribution in [0.4, 0.5) is 0 Å². The Morgan fingerprint density at radius 1 is 1.12 bits per heavy atom. The van der Waals surface area contributed by atoms with E-state index < -0.39 is 0 Å². The van der Waals surface area contributed by atoms with Gasteiger partial charge in [0.05, 0.1) is 5.75 Å². The molecular formula is C14H14NS2+. The van der Waals surface area contributed by atoms with Gasteiger partial charge < -0.3 is 0 Å². The van der Waals surface area contributed by atoms with E-state index in [0.717, 1.165) is 6.54 Å². The molecule has 1 aromatic carbocycles. The van der Waals surface area contributed by atoms with Crippen LogP contribution in [0.2, 0.25) is 0 Å². The maximum Gasteiger partial charge on any atom is 0.241 e. The molecule has 0 saturated heterocycles. The van der Waals surface area contributed by atoms with Crippen molar-refractivity contribution < 1.29 is 4.57 Å². The lowest BCUT2D eigenvalue weighted by Crippen LogP contribution is -2.35. The van der Waals surface area contributed by atoms with Gasteiger partial charge in [-0.15, -0.1) is 0 Å². The van der Waals surface area contributed by atoms with Crippen LogP contribution < -0.4 is 4.57 Å². The van der Waals surface area contributed by atoms with Crippen LogP contribution in [-0.2, 0) is 6.54 Å². The van der Waals surface area contributed by atoms with Crippen LogP contribution in [0.25, 0.3) is 11.1 Å². The summed E-state index contributed by atoms with van der Waals surface area (Å²) in [7, 11) is 0. The topological polar surface area (TPSA) is 3.88 Å². The van der Waals surface area contributed by atoms with Crippen molar-refractivity contribution in [2.75, 3.05) is 12.0 Å². The Hall–Kier alpha value is -0.930. The second-order valence-electron chi connectivity index (χ2n) is 3.99. The number of nitrogens with zero attached hydrogens (tertiary/aromatic N) is 1. The normalized spacial score (nSPS) is 13.7. The monoisotopic (exact) mass is 260 g/mol. The Kier molecular flexibility index (Phi) is 3.12. The zero-order chi connectivity index (χ0) is 11.7. The molecule has 1 aliphatic rings. The van der Waals surface area contributed by atoms with Crippen molar-refractivity contribution in [2.45, 2.75) is 16.6 Å². The van der Waals surface area contributed by atoms with Gasteiger partial charge in [0.1, 0.15) is 0 Å². The highest BCUT2D eigenvalue weighted by molar-refractivity contribution is 7.99. The summed E-state index contributed by atoms with van der Waals surface area (Å²) in [5, 5.41) is 2.77. The fraction of sp³-hybridized carbons (Fsp3) is 0.214. The number of thioether (sulfide) groups is 2. The number of aromatic nitrogens is 1.